The van der Waals surface area contributed by atoms with Crippen LogP contribution in [0.1, 0.15) is 48.2 Å². The van der Waals surface area contributed by atoms with Gasteiger partial charge in [0.25, 0.3) is 17.4 Å². The Bertz CT molecular complexity index is 1160. The van der Waals surface area contributed by atoms with Gasteiger partial charge in [0, 0.05) is 45.8 Å². The molecular weight excluding hydrogens is 533 g/mol. The van der Waals surface area contributed by atoms with E-state index in [-0.39, 0.29) is 24.7 Å². The number of nitrogens with zero attached hydrogens (tertiary/aromatic N) is 4. The third kappa shape index (κ3) is 6.17. The minimum atomic E-state index is -5.13. The van der Waals surface area contributed by atoms with E-state index in [1.54, 1.807) is 26.4 Å². The highest BCUT2D eigenvalue weighted by Crippen LogP contribution is 2.41. The molecule has 0 spiro atoms. The van der Waals surface area contributed by atoms with Gasteiger partial charge < -0.3 is 19.8 Å². The fraction of sp³-hybridized carbons (Fsp3) is 0.536. The van der Waals surface area contributed by atoms with Gasteiger partial charge in [-0.3, -0.25) is 9.59 Å². The molecule has 1 N–H and O–H groups in total. The van der Waals surface area contributed by atoms with E-state index in [4.69, 9.17) is 11.6 Å². The molecule has 2 saturated heterocycles. The summed E-state index contributed by atoms with van der Waals surface area (Å²) in [5, 5.41) is 10.9. The van der Waals surface area contributed by atoms with Gasteiger partial charge in [-0.1, -0.05) is 41.9 Å². The molecule has 0 aliphatic carbocycles. The fourth-order valence-corrected chi connectivity index (χ4v) is 5.80. The summed E-state index contributed by atoms with van der Waals surface area (Å²) in [4.78, 5) is 34.2. The van der Waals surface area contributed by atoms with Gasteiger partial charge in [0.2, 0.25) is 0 Å². The maximum atomic E-state index is 13.9. The molecule has 2 aliphatic heterocycles. The van der Waals surface area contributed by atoms with Crippen molar-refractivity contribution in [1.82, 2.24) is 14.8 Å². The number of carbonyl (C=O) groups excluding carboxylic acids is 2. The van der Waals surface area contributed by atoms with Crippen molar-refractivity contribution in [3.8, 4) is 0 Å². The molecule has 0 saturated carbocycles. The summed E-state index contributed by atoms with van der Waals surface area (Å²) in [6.45, 7) is 2.01. The Hall–Kier alpha value is -2.85. The van der Waals surface area contributed by atoms with Crippen LogP contribution < -0.4 is 4.90 Å². The van der Waals surface area contributed by atoms with Gasteiger partial charge in [0.1, 0.15) is 5.69 Å². The number of piperidine rings is 2. The van der Waals surface area contributed by atoms with Crippen molar-refractivity contribution in [3.05, 3.63) is 58.9 Å². The standard InChI is InChI=1S/C28H34ClF3N4O3/c1-34(2)25(37)24-23(29)17-22(18-33-24)35-12-8-19(9-13-35)16-20-10-14-36(15-11-20)26(38)27(39,28(30,31)32)21-6-4-3-5-7-21/h3-7,17-20,39H,8-16H2,1-2H3/t27-/m1/s1. The number of likely N-dealkylation sites (tertiary alicyclic amines) is 1. The van der Waals surface area contributed by atoms with Crippen LogP contribution in [-0.2, 0) is 10.4 Å². The van der Waals surface area contributed by atoms with Gasteiger partial charge in [-0.2, -0.15) is 13.2 Å². The van der Waals surface area contributed by atoms with Gasteiger partial charge in [0.15, 0.2) is 0 Å². The van der Waals surface area contributed by atoms with Crippen LogP contribution in [0.25, 0.3) is 0 Å². The van der Waals surface area contributed by atoms with Crippen molar-refractivity contribution >= 4 is 29.1 Å². The van der Waals surface area contributed by atoms with Crippen molar-refractivity contribution in [2.45, 2.75) is 43.9 Å². The SMILES string of the molecule is CN(C)C(=O)c1ncc(N2CCC(CC3CCN(C(=O)[C@](O)(c4ccccc4)C(F)(F)F)CC3)CC2)cc1Cl. The average Bonchev–Trinajstić information content (AvgIpc) is 2.92. The van der Waals surface area contributed by atoms with Crippen molar-refractivity contribution in [1.29, 1.82) is 0 Å². The fourth-order valence-electron chi connectivity index (χ4n) is 5.56. The molecule has 7 nitrogen and oxygen atoms in total. The molecule has 212 valence electrons. The van der Waals surface area contributed by atoms with Crippen LogP contribution in [0.2, 0.25) is 5.02 Å². The Kier molecular flexibility index (Phi) is 8.75. The summed E-state index contributed by atoms with van der Waals surface area (Å²) in [6.07, 6.45) is 0.623. The second-order valence-electron chi connectivity index (χ2n) is 10.7. The molecule has 1 aromatic heterocycles. The van der Waals surface area contributed by atoms with E-state index < -0.39 is 23.2 Å². The van der Waals surface area contributed by atoms with E-state index in [0.717, 1.165) is 55.1 Å². The summed E-state index contributed by atoms with van der Waals surface area (Å²) in [5.41, 5.74) is -2.92. The summed E-state index contributed by atoms with van der Waals surface area (Å²) < 4.78 is 41.7. The van der Waals surface area contributed by atoms with Gasteiger partial charge in [-0.25, -0.2) is 4.98 Å². The zero-order chi connectivity index (χ0) is 28.4. The number of benzene rings is 1. The Morgan fingerprint density at radius 2 is 1.59 bits per heavy atom. The Labute approximate surface area is 231 Å². The second-order valence-corrected chi connectivity index (χ2v) is 11.1. The van der Waals surface area contributed by atoms with E-state index >= 15 is 0 Å². The number of halogens is 4. The van der Waals surface area contributed by atoms with E-state index in [1.807, 2.05) is 0 Å². The highest BCUT2D eigenvalue weighted by atomic mass is 35.5. The maximum absolute atomic E-state index is 13.9. The molecule has 3 heterocycles. The number of pyridine rings is 1. The predicted octanol–water partition coefficient (Wildman–Crippen LogP) is 4.73. The lowest BCUT2D eigenvalue weighted by molar-refractivity contribution is -0.262. The van der Waals surface area contributed by atoms with Crippen molar-refractivity contribution < 1.29 is 27.9 Å². The molecule has 2 fully saturated rings. The summed E-state index contributed by atoms with van der Waals surface area (Å²) in [5.74, 6) is -0.767. The minimum Gasteiger partial charge on any atom is -0.370 e. The minimum absolute atomic E-state index is 0.190. The molecule has 0 radical (unpaired) electrons. The Morgan fingerprint density at radius 1 is 1.03 bits per heavy atom. The van der Waals surface area contributed by atoms with Crippen LogP contribution in [0.15, 0.2) is 42.6 Å². The largest absolute Gasteiger partial charge is 0.430 e. The van der Waals surface area contributed by atoms with Crippen LogP contribution in [0.5, 0.6) is 0 Å². The summed E-state index contributed by atoms with van der Waals surface area (Å²) >= 11 is 6.32. The highest BCUT2D eigenvalue weighted by Gasteiger charge is 2.62. The molecule has 1 atom stereocenters. The summed E-state index contributed by atoms with van der Waals surface area (Å²) in [6, 6.07) is 8.33. The number of anilines is 1. The van der Waals surface area contributed by atoms with Crippen molar-refractivity contribution in [2.75, 3.05) is 45.2 Å². The smallest absolute Gasteiger partial charge is 0.370 e. The number of hydrogen-bond donors (Lipinski definition) is 1. The van der Waals surface area contributed by atoms with Gasteiger partial charge in [0.05, 0.1) is 16.9 Å². The topological polar surface area (TPSA) is 77.0 Å². The van der Waals surface area contributed by atoms with E-state index in [1.165, 1.54) is 23.1 Å². The zero-order valence-electron chi connectivity index (χ0n) is 22.1. The first kappa shape index (κ1) is 29.1. The quantitative estimate of drug-likeness (QED) is 0.547. The lowest BCUT2D eigenvalue weighted by Gasteiger charge is -2.40. The molecule has 0 unspecified atom stereocenters. The number of carbonyl (C=O) groups is 2. The van der Waals surface area contributed by atoms with Gasteiger partial charge in [-0.05, 0) is 50.0 Å². The van der Waals surface area contributed by atoms with Crippen molar-refractivity contribution in [2.24, 2.45) is 11.8 Å². The number of aliphatic hydroxyl groups is 1. The predicted molar refractivity (Wildman–Crippen MR) is 143 cm³/mol. The first-order valence-corrected chi connectivity index (χ1v) is 13.6. The monoisotopic (exact) mass is 566 g/mol. The summed E-state index contributed by atoms with van der Waals surface area (Å²) in [7, 11) is 3.29. The molecule has 39 heavy (non-hydrogen) atoms. The Balaban J connectivity index is 1.29. The molecule has 2 amide bonds. The second kappa shape index (κ2) is 11.7. The number of aromatic nitrogens is 1. The molecule has 2 aliphatic rings. The van der Waals surface area contributed by atoms with Crippen LogP contribution in [0, 0.1) is 11.8 Å². The molecule has 1 aromatic carbocycles. The number of alkyl halides is 3. The lowest BCUT2D eigenvalue weighted by atomic mass is 9.82. The first-order valence-electron chi connectivity index (χ1n) is 13.2. The van der Waals surface area contributed by atoms with Crippen molar-refractivity contribution in [3.63, 3.8) is 0 Å². The van der Waals surface area contributed by atoms with Gasteiger partial charge >= 0.3 is 6.18 Å². The average molecular weight is 567 g/mol. The molecule has 0 bridgehead atoms. The number of rotatable bonds is 6. The van der Waals surface area contributed by atoms with Crippen LogP contribution in [-0.4, -0.2) is 78.2 Å². The first-order chi connectivity index (χ1) is 18.4. The van der Waals surface area contributed by atoms with E-state index in [9.17, 15) is 27.9 Å². The third-order valence-corrected chi connectivity index (χ3v) is 8.18. The van der Waals surface area contributed by atoms with Gasteiger partial charge in [-0.15, -0.1) is 0 Å². The lowest BCUT2D eigenvalue weighted by Crippen LogP contribution is -2.57. The normalized spacial score (nSPS) is 19.1. The molecule has 11 heteroatoms. The Morgan fingerprint density at radius 3 is 2.10 bits per heavy atom. The van der Waals surface area contributed by atoms with Crippen LogP contribution >= 0.6 is 11.6 Å². The van der Waals surface area contributed by atoms with E-state index in [2.05, 4.69) is 9.88 Å². The molecule has 2 aromatic rings. The number of amides is 2. The van der Waals surface area contributed by atoms with Crippen LogP contribution in [0.4, 0.5) is 18.9 Å². The van der Waals surface area contributed by atoms with Crippen LogP contribution in [0.3, 0.4) is 0 Å². The van der Waals surface area contributed by atoms with E-state index in [0.29, 0.717) is 29.7 Å². The zero-order valence-corrected chi connectivity index (χ0v) is 22.9. The molecular formula is C28H34ClF3N4O3. The highest BCUT2D eigenvalue weighted by molar-refractivity contribution is 6.33. The maximum Gasteiger partial charge on any atom is 0.430 e. The number of hydrogen-bond acceptors (Lipinski definition) is 5. The molecule has 4 rings (SSSR count). The third-order valence-electron chi connectivity index (χ3n) is 7.89.